The Bertz CT molecular complexity index is 1090. The van der Waals surface area contributed by atoms with Gasteiger partial charge in [0.1, 0.15) is 0 Å². The summed E-state index contributed by atoms with van der Waals surface area (Å²) in [6.07, 6.45) is 1.12. The number of carbonyl (C=O) groups is 1. The van der Waals surface area contributed by atoms with Crippen molar-refractivity contribution >= 4 is 21.8 Å². The monoisotopic (exact) mass is 371 g/mol. The van der Waals surface area contributed by atoms with E-state index in [2.05, 4.69) is 15.5 Å². The molecule has 0 saturated heterocycles. The van der Waals surface area contributed by atoms with Crippen molar-refractivity contribution in [3.8, 4) is 11.5 Å². The van der Waals surface area contributed by atoms with Gasteiger partial charge in [0.2, 0.25) is 5.89 Å². The first kappa shape index (κ1) is 17.8. The van der Waals surface area contributed by atoms with Gasteiger partial charge in [-0.05, 0) is 43.7 Å². The molecule has 0 aliphatic rings. The Morgan fingerprint density at radius 3 is 2.58 bits per heavy atom. The number of rotatable bonds is 4. The predicted molar refractivity (Wildman–Crippen MR) is 96.7 cm³/mol. The number of nitrogens with one attached hydrogen (secondary N) is 1. The average Bonchev–Trinajstić information content (AvgIpc) is 3.05. The predicted octanol–water partition coefficient (Wildman–Crippen LogP) is 3.01. The highest BCUT2D eigenvalue weighted by Gasteiger charge is 2.16. The molecule has 3 rings (SSSR count). The van der Waals surface area contributed by atoms with Crippen LogP contribution in [-0.2, 0) is 9.84 Å². The van der Waals surface area contributed by atoms with Gasteiger partial charge < -0.3 is 4.42 Å². The molecule has 0 bridgehead atoms. The lowest BCUT2D eigenvalue weighted by Gasteiger charge is -2.05. The zero-order chi connectivity index (χ0) is 18.9. The number of benzene rings is 2. The molecule has 134 valence electrons. The Hall–Kier alpha value is -3.00. The van der Waals surface area contributed by atoms with Gasteiger partial charge in [-0.2, -0.15) is 0 Å². The van der Waals surface area contributed by atoms with Crippen LogP contribution in [0.4, 0.5) is 6.01 Å². The van der Waals surface area contributed by atoms with Gasteiger partial charge in [0, 0.05) is 17.4 Å². The number of hydrogen-bond donors (Lipinski definition) is 1. The highest BCUT2D eigenvalue weighted by atomic mass is 32.2. The smallest absolute Gasteiger partial charge is 0.322 e. The third-order valence-electron chi connectivity index (χ3n) is 3.79. The Morgan fingerprint density at radius 1 is 1.08 bits per heavy atom. The van der Waals surface area contributed by atoms with Gasteiger partial charge >= 0.3 is 6.01 Å². The molecule has 3 aromatic rings. The van der Waals surface area contributed by atoms with Crippen LogP contribution in [-0.4, -0.2) is 30.8 Å². The molecule has 0 saturated carbocycles. The number of nitrogens with zero attached hydrogens (tertiary/aromatic N) is 2. The van der Waals surface area contributed by atoms with E-state index >= 15 is 0 Å². The van der Waals surface area contributed by atoms with E-state index in [-0.39, 0.29) is 22.7 Å². The number of hydrogen-bond acceptors (Lipinski definition) is 6. The van der Waals surface area contributed by atoms with Crippen molar-refractivity contribution in [2.24, 2.45) is 0 Å². The van der Waals surface area contributed by atoms with Crippen LogP contribution in [0.3, 0.4) is 0 Å². The summed E-state index contributed by atoms with van der Waals surface area (Å²) >= 11 is 0. The van der Waals surface area contributed by atoms with Crippen molar-refractivity contribution in [2.75, 3.05) is 11.6 Å². The Morgan fingerprint density at radius 2 is 1.85 bits per heavy atom. The SMILES string of the molecule is Cc1ccc(C)c(C(=O)Nc2nnc(-c3cccc(S(C)(=O)=O)c3)o2)c1. The van der Waals surface area contributed by atoms with Crippen LogP contribution >= 0.6 is 0 Å². The number of sulfone groups is 1. The fourth-order valence-corrected chi connectivity index (χ4v) is 3.06. The third kappa shape index (κ3) is 3.80. The second-order valence-corrected chi connectivity index (χ2v) is 8.00. The van der Waals surface area contributed by atoms with Crippen molar-refractivity contribution in [3.05, 3.63) is 59.2 Å². The molecule has 1 aromatic heterocycles. The van der Waals surface area contributed by atoms with E-state index in [1.54, 1.807) is 18.2 Å². The van der Waals surface area contributed by atoms with Crippen LogP contribution in [0.2, 0.25) is 0 Å². The van der Waals surface area contributed by atoms with Crippen LogP contribution in [0.15, 0.2) is 51.8 Å². The van der Waals surface area contributed by atoms with Crippen LogP contribution in [0.1, 0.15) is 21.5 Å². The quantitative estimate of drug-likeness (QED) is 0.756. The first-order chi connectivity index (χ1) is 12.2. The fraction of sp³-hybridized carbons (Fsp3) is 0.167. The lowest BCUT2D eigenvalue weighted by Crippen LogP contribution is -2.13. The molecule has 26 heavy (non-hydrogen) atoms. The standard InChI is InChI=1S/C18H17N3O4S/c1-11-7-8-12(2)15(9-11)16(22)19-18-21-20-17(25-18)13-5-4-6-14(10-13)26(3,23)24/h4-10H,1-3H3,(H,19,21,22). The molecular weight excluding hydrogens is 354 g/mol. The molecule has 0 fully saturated rings. The maximum atomic E-state index is 12.4. The average molecular weight is 371 g/mol. The summed E-state index contributed by atoms with van der Waals surface area (Å²) in [4.78, 5) is 12.5. The normalized spacial score (nSPS) is 11.3. The van der Waals surface area contributed by atoms with Crippen LogP contribution in [0, 0.1) is 13.8 Å². The lowest BCUT2D eigenvalue weighted by atomic mass is 10.1. The zero-order valence-corrected chi connectivity index (χ0v) is 15.3. The third-order valence-corrected chi connectivity index (χ3v) is 4.90. The minimum Gasteiger partial charge on any atom is -0.403 e. The molecule has 0 unspecified atom stereocenters. The minimum atomic E-state index is -3.35. The second-order valence-electron chi connectivity index (χ2n) is 5.98. The van der Waals surface area contributed by atoms with E-state index in [1.165, 1.54) is 12.1 Å². The maximum Gasteiger partial charge on any atom is 0.322 e. The van der Waals surface area contributed by atoms with Gasteiger partial charge in [0.15, 0.2) is 9.84 Å². The van der Waals surface area contributed by atoms with E-state index in [0.717, 1.165) is 17.4 Å². The van der Waals surface area contributed by atoms with Crippen molar-refractivity contribution in [1.29, 1.82) is 0 Å². The number of aromatic nitrogens is 2. The van der Waals surface area contributed by atoms with E-state index < -0.39 is 9.84 Å². The maximum absolute atomic E-state index is 12.4. The highest BCUT2D eigenvalue weighted by molar-refractivity contribution is 7.90. The van der Waals surface area contributed by atoms with Crippen molar-refractivity contribution < 1.29 is 17.6 Å². The minimum absolute atomic E-state index is 0.0596. The van der Waals surface area contributed by atoms with Crippen LogP contribution in [0.5, 0.6) is 0 Å². The van der Waals surface area contributed by atoms with Gasteiger partial charge in [-0.15, -0.1) is 5.10 Å². The van der Waals surface area contributed by atoms with Gasteiger partial charge in [0.25, 0.3) is 5.91 Å². The highest BCUT2D eigenvalue weighted by Crippen LogP contribution is 2.23. The van der Waals surface area contributed by atoms with Crippen molar-refractivity contribution in [3.63, 3.8) is 0 Å². The molecule has 0 radical (unpaired) electrons. The first-order valence-electron chi connectivity index (χ1n) is 7.76. The summed E-state index contributed by atoms with van der Waals surface area (Å²) in [6.45, 7) is 3.74. The van der Waals surface area contributed by atoms with Gasteiger partial charge in [-0.3, -0.25) is 10.1 Å². The summed E-state index contributed by atoms with van der Waals surface area (Å²) in [5, 5.41) is 10.2. The second kappa shape index (κ2) is 6.72. The molecule has 0 spiro atoms. The molecule has 8 heteroatoms. The van der Waals surface area contributed by atoms with Gasteiger partial charge in [-0.25, -0.2) is 8.42 Å². The Kier molecular flexibility index (Phi) is 4.60. The van der Waals surface area contributed by atoms with E-state index in [0.29, 0.717) is 11.1 Å². The van der Waals surface area contributed by atoms with E-state index in [4.69, 9.17) is 4.42 Å². The molecule has 1 N–H and O–H groups in total. The fourth-order valence-electron chi connectivity index (χ4n) is 2.40. The van der Waals surface area contributed by atoms with E-state index in [9.17, 15) is 13.2 Å². The molecule has 0 aliphatic carbocycles. The summed E-state index contributed by atoms with van der Waals surface area (Å²) in [5.74, 6) is -0.238. The lowest BCUT2D eigenvalue weighted by molar-refractivity contribution is 0.102. The topological polar surface area (TPSA) is 102 Å². The summed E-state index contributed by atoms with van der Waals surface area (Å²) < 4.78 is 28.8. The molecule has 1 heterocycles. The summed E-state index contributed by atoms with van der Waals surface area (Å²) in [6, 6.07) is 11.7. The Balaban J connectivity index is 1.85. The van der Waals surface area contributed by atoms with Gasteiger partial charge in [0.05, 0.1) is 4.90 Å². The van der Waals surface area contributed by atoms with Crippen molar-refractivity contribution in [2.45, 2.75) is 18.7 Å². The molecule has 2 aromatic carbocycles. The molecule has 7 nitrogen and oxygen atoms in total. The number of anilines is 1. The summed E-state index contributed by atoms with van der Waals surface area (Å²) in [7, 11) is -3.35. The molecular formula is C18H17N3O4S. The number of carbonyl (C=O) groups excluding carboxylic acids is 1. The summed E-state index contributed by atoms with van der Waals surface area (Å²) in [5.41, 5.74) is 2.76. The molecule has 0 aliphatic heterocycles. The van der Waals surface area contributed by atoms with E-state index in [1.807, 2.05) is 26.0 Å². The molecule has 1 amide bonds. The van der Waals surface area contributed by atoms with Crippen molar-refractivity contribution in [1.82, 2.24) is 10.2 Å². The van der Waals surface area contributed by atoms with Crippen LogP contribution < -0.4 is 5.32 Å². The number of amides is 1. The van der Waals surface area contributed by atoms with Crippen LogP contribution in [0.25, 0.3) is 11.5 Å². The molecule has 0 atom stereocenters. The largest absolute Gasteiger partial charge is 0.403 e. The number of aryl methyl sites for hydroxylation is 2. The zero-order valence-electron chi connectivity index (χ0n) is 14.5. The Labute approximate surface area is 151 Å². The van der Waals surface area contributed by atoms with Gasteiger partial charge in [-0.1, -0.05) is 28.9 Å². The first-order valence-corrected chi connectivity index (χ1v) is 9.66.